The van der Waals surface area contributed by atoms with Crippen LogP contribution in [-0.2, 0) is 14.8 Å². The van der Waals surface area contributed by atoms with Gasteiger partial charge in [-0.25, -0.2) is 22.7 Å². The van der Waals surface area contributed by atoms with Crippen molar-refractivity contribution in [3.05, 3.63) is 23.8 Å². The van der Waals surface area contributed by atoms with Crippen molar-refractivity contribution in [2.24, 2.45) is 0 Å². The van der Waals surface area contributed by atoms with E-state index in [0.717, 1.165) is 13.2 Å². The highest BCUT2D eigenvalue weighted by Crippen LogP contribution is 2.19. The fourth-order valence-corrected chi connectivity index (χ4v) is 2.57. The number of methoxy groups -OCH3 is 1. The summed E-state index contributed by atoms with van der Waals surface area (Å²) in [6.07, 6.45) is 0. The van der Waals surface area contributed by atoms with E-state index in [1.165, 1.54) is 12.1 Å². The van der Waals surface area contributed by atoms with Crippen molar-refractivity contribution in [2.75, 3.05) is 19.4 Å². The van der Waals surface area contributed by atoms with Gasteiger partial charge in [-0.3, -0.25) is 0 Å². The van der Waals surface area contributed by atoms with Gasteiger partial charge in [-0.2, -0.15) is 0 Å². The smallest absolute Gasteiger partial charge is 0.339 e. The van der Waals surface area contributed by atoms with Crippen LogP contribution < -0.4 is 15.8 Å². The maximum Gasteiger partial charge on any atom is 0.339 e. The Labute approximate surface area is 116 Å². The fraction of sp³-hybridized carbons (Fsp3) is 0.273. The van der Waals surface area contributed by atoms with Gasteiger partial charge in [0, 0.05) is 12.2 Å². The molecule has 0 radical (unpaired) electrons. The Morgan fingerprint density at radius 2 is 2.00 bits per heavy atom. The Morgan fingerprint density at radius 3 is 2.55 bits per heavy atom. The standard InChI is InChI=1S/C11H15N3O5S/c1-3-13-11(16)14-20(17,18)9-6-7(12)4-5-8(9)10(15)19-2/h4-6H,3,12H2,1-2H3,(H2,13,14,16). The quantitative estimate of drug-likeness (QED) is 0.533. The van der Waals surface area contributed by atoms with E-state index in [-0.39, 0.29) is 17.8 Å². The van der Waals surface area contributed by atoms with Crippen molar-refractivity contribution in [3.63, 3.8) is 0 Å². The van der Waals surface area contributed by atoms with Gasteiger partial charge in [0.2, 0.25) is 0 Å². The molecule has 0 unspecified atom stereocenters. The number of nitrogens with one attached hydrogen (secondary N) is 2. The molecule has 110 valence electrons. The van der Waals surface area contributed by atoms with Gasteiger partial charge in [0.1, 0.15) is 4.90 Å². The molecule has 2 amide bonds. The van der Waals surface area contributed by atoms with Crippen LogP contribution in [0.4, 0.5) is 10.5 Å². The van der Waals surface area contributed by atoms with E-state index < -0.39 is 26.9 Å². The summed E-state index contributed by atoms with van der Waals surface area (Å²) in [6, 6.07) is 2.75. The highest BCUT2D eigenvalue weighted by atomic mass is 32.2. The number of esters is 1. The van der Waals surface area contributed by atoms with Crippen LogP contribution in [0.15, 0.2) is 23.1 Å². The van der Waals surface area contributed by atoms with Crippen molar-refractivity contribution in [1.82, 2.24) is 10.0 Å². The van der Waals surface area contributed by atoms with E-state index in [9.17, 15) is 18.0 Å². The molecule has 0 spiro atoms. The first-order chi connectivity index (χ1) is 9.31. The summed E-state index contributed by atoms with van der Waals surface area (Å²) in [5.41, 5.74) is 5.43. The number of sulfonamides is 1. The van der Waals surface area contributed by atoms with Crippen molar-refractivity contribution < 1.29 is 22.7 Å². The van der Waals surface area contributed by atoms with Crippen LogP contribution in [0.25, 0.3) is 0 Å². The molecule has 1 aromatic rings. The SMILES string of the molecule is CCNC(=O)NS(=O)(=O)c1cc(N)ccc1C(=O)OC. The van der Waals surface area contributed by atoms with Gasteiger partial charge in [-0.05, 0) is 25.1 Å². The number of rotatable bonds is 4. The lowest BCUT2D eigenvalue weighted by Gasteiger charge is -2.11. The largest absolute Gasteiger partial charge is 0.465 e. The van der Waals surface area contributed by atoms with Crippen LogP contribution in [0.2, 0.25) is 0 Å². The van der Waals surface area contributed by atoms with Crippen molar-refractivity contribution in [2.45, 2.75) is 11.8 Å². The monoisotopic (exact) mass is 301 g/mol. The number of carbonyl (C=O) groups excluding carboxylic acids is 2. The number of nitrogens with two attached hydrogens (primary N) is 1. The fourth-order valence-electron chi connectivity index (χ4n) is 1.41. The van der Waals surface area contributed by atoms with Gasteiger partial charge >= 0.3 is 12.0 Å². The van der Waals surface area contributed by atoms with Crippen LogP contribution in [0.3, 0.4) is 0 Å². The van der Waals surface area contributed by atoms with Gasteiger partial charge < -0.3 is 15.8 Å². The molecule has 4 N–H and O–H groups in total. The lowest BCUT2D eigenvalue weighted by molar-refractivity contribution is 0.0596. The third-order valence-electron chi connectivity index (χ3n) is 2.26. The molecule has 1 aromatic carbocycles. The number of hydrogen-bond acceptors (Lipinski definition) is 6. The van der Waals surface area contributed by atoms with Gasteiger partial charge in [-0.1, -0.05) is 0 Å². The number of benzene rings is 1. The minimum absolute atomic E-state index is 0.133. The Balaban J connectivity index is 3.26. The Morgan fingerprint density at radius 1 is 1.35 bits per heavy atom. The number of hydrogen-bond donors (Lipinski definition) is 3. The van der Waals surface area contributed by atoms with Crippen molar-refractivity contribution >= 4 is 27.7 Å². The Hall–Kier alpha value is -2.29. The molecule has 0 aliphatic carbocycles. The average Bonchev–Trinajstić information content (AvgIpc) is 2.37. The van der Waals surface area contributed by atoms with E-state index in [2.05, 4.69) is 10.1 Å². The maximum absolute atomic E-state index is 12.1. The molecule has 1 rings (SSSR count). The van der Waals surface area contributed by atoms with Gasteiger partial charge in [0.15, 0.2) is 0 Å². The van der Waals surface area contributed by atoms with Gasteiger partial charge in [0.25, 0.3) is 10.0 Å². The number of ether oxygens (including phenoxy) is 1. The number of nitrogen functional groups attached to an aromatic ring is 1. The third-order valence-corrected chi connectivity index (χ3v) is 3.64. The summed E-state index contributed by atoms with van der Waals surface area (Å²) in [6.45, 7) is 1.88. The molecule has 8 nitrogen and oxygen atoms in total. The molecular weight excluding hydrogens is 286 g/mol. The Bertz CT molecular complexity index is 627. The molecule has 20 heavy (non-hydrogen) atoms. The van der Waals surface area contributed by atoms with E-state index in [0.29, 0.717) is 0 Å². The molecule has 0 bridgehead atoms. The second-order valence-corrected chi connectivity index (χ2v) is 5.36. The molecule has 0 aliphatic heterocycles. The second-order valence-electron chi connectivity index (χ2n) is 3.71. The molecule has 9 heteroatoms. The highest BCUT2D eigenvalue weighted by Gasteiger charge is 2.25. The first-order valence-corrected chi connectivity index (χ1v) is 7.08. The summed E-state index contributed by atoms with van der Waals surface area (Å²) in [4.78, 5) is 22.4. The third kappa shape index (κ3) is 3.60. The number of urea groups is 1. The van der Waals surface area contributed by atoms with Gasteiger partial charge in [-0.15, -0.1) is 0 Å². The number of anilines is 1. The zero-order valence-electron chi connectivity index (χ0n) is 11.0. The summed E-state index contributed by atoms with van der Waals surface area (Å²) < 4.78 is 30.4. The van der Waals surface area contributed by atoms with Crippen LogP contribution >= 0.6 is 0 Å². The van der Waals surface area contributed by atoms with E-state index >= 15 is 0 Å². The molecule has 0 aromatic heterocycles. The van der Waals surface area contributed by atoms with Crippen LogP contribution in [0.5, 0.6) is 0 Å². The van der Waals surface area contributed by atoms with Crippen LogP contribution in [0.1, 0.15) is 17.3 Å². The summed E-state index contributed by atoms with van der Waals surface area (Å²) in [5, 5.41) is 2.27. The minimum atomic E-state index is -4.23. The summed E-state index contributed by atoms with van der Waals surface area (Å²) in [5.74, 6) is -0.846. The van der Waals surface area contributed by atoms with E-state index in [1.807, 2.05) is 0 Å². The normalized spacial score (nSPS) is 10.7. The summed E-state index contributed by atoms with van der Waals surface area (Å²) >= 11 is 0. The first kappa shape index (κ1) is 15.8. The van der Waals surface area contributed by atoms with Crippen LogP contribution in [0, 0.1) is 0 Å². The average molecular weight is 301 g/mol. The lowest BCUT2D eigenvalue weighted by Crippen LogP contribution is -2.39. The van der Waals surface area contributed by atoms with Gasteiger partial charge in [0.05, 0.1) is 12.7 Å². The molecule has 0 atom stereocenters. The lowest BCUT2D eigenvalue weighted by atomic mass is 10.2. The molecule has 0 aliphatic rings. The molecule has 0 saturated carbocycles. The van der Waals surface area contributed by atoms with E-state index in [4.69, 9.17) is 5.73 Å². The second kappa shape index (κ2) is 6.24. The van der Waals surface area contributed by atoms with Crippen molar-refractivity contribution in [1.29, 1.82) is 0 Å². The molecule has 0 fully saturated rings. The Kier molecular flexibility index (Phi) is 4.92. The zero-order chi connectivity index (χ0) is 15.3. The molecular formula is C11H15N3O5S. The summed E-state index contributed by atoms with van der Waals surface area (Å²) in [7, 11) is -3.12. The topological polar surface area (TPSA) is 128 Å². The zero-order valence-corrected chi connectivity index (χ0v) is 11.8. The number of carbonyl (C=O) groups is 2. The predicted octanol–water partition coefficient (Wildman–Crippen LogP) is 0.0632. The predicted molar refractivity (Wildman–Crippen MR) is 71.6 cm³/mol. The highest BCUT2D eigenvalue weighted by molar-refractivity contribution is 7.90. The maximum atomic E-state index is 12.1. The first-order valence-electron chi connectivity index (χ1n) is 5.60. The van der Waals surface area contributed by atoms with Crippen molar-refractivity contribution in [3.8, 4) is 0 Å². The number of amides is 2. The molecule has 0 saturated heterocycles. The van der Waals surface area contributed by atoms with E-state index in [1.54, 1.807) is 11.6 Å². The molecule has 0 heterocycles. The minimum Gasteiger partial charge on any atom is -0.465 e. The van der Waals surface area contributed by atoms with Crippen LogP contribution in [-0.4, -0.2) is 34.1 Å².